The molecule has 208 valence electrons. The maximum absolute atomic E-state index is 13.1. The molecular weight excluding hydrogens is 492 g/mol. The first-order chi connectivity index (χ1) is 18.0. The zero-order valence-electron chi connectivity index (χ0n) is 22.1. The Kier molecular flexibility index (Phi) is 5.46. The molecule has 0 aromatic heterocycles. The van der Waals surface area contributed by atoms with Crippen molar-refractivity contribution in [1.29, 1.82) is 0 Å². The third kappa shape index (κ3) is 3.14. The zero-order valence-corrected chi connectivity index (χ0v) is 22.1. The van der Waals surface area contributed by atoms with E-state index in [9.17, 15) is 24.6 Å². The highest BCUT2D eigenvalue weighted by Crippen LogP contribution is 2.70. The van der Waals surface area contributed by atoms with Crippen LogP contribution in [0.4, 0.5) is 0 Å². The van der Waals surface area contributed by atoms with E-state index in [0.717, 1.165) is 44.0 Å². The minimum absolute atomic E-state index is 0.00389. The van der Waals surface area contributed by atoms with Gasteiger partial charge in [-0.3, -0.25) is 4.79 Å². The monoisotopic (exact) mass is 530 g/mol. The summed E-state index contributed by atoms with van der Waals surface area (Å²) in [5, 5.41) is 23.5. The summed E-state index contributed by atoms with van der Waals surface area (Å²) in [6.45, 7) is 4.24. The molecule has 0 spiro atoms. The highest BCUT2D eigenvalue weighted by Gasteiger charge is 2.70. The number of fused-ring (bicyclic) bond motifs is 7. The third-order valence-electron chi connectivity index (χ3n) is 11.9. The van der Waals surface area contributed by atoms with Crippen LogP contribution in [0.2, 0.25) is 0 Å². The van der Waals surface area contributed by atoms with Gasteiger partial charge in [0.15, 0.2) is 5.78 Å². The summed E-state index contributed by atoms with van der Waals surface area (Å²) in [5.74, 6) is -2.74. The van der Waals surface area contributed by atoms with Crippen LogP contribution in [-0.2, 0) is 33.3 Å². The van der Waals surface area contributed by atoms with E-state index in [0.29, 0.717) is 25.9 Å². The summed E-state index contributed by atoms with van der Waals surface area (Å²) in [6, 6.07) is 0. The van der Waals surface area contributed by atoms with Crippen LogP contribution in [0.1, 0.15) is 71.6 Å². The fourth-order valence-electron chi connectivity index (χ4n) is 10.1. The van der Waals surface area contributed by atoms with Gasteiger partial charge in [0.1, 0.15) is 12.9 Å². The Hall–Kier alpha value is -1.65. The standard InChI is InChI=1S/C29H38O9/c1-15-9-23(31)29(34)25(36-15)37-22-12-27(14-30)17(11-21(22)38-29)3-4-20-19(27)5-7-26(2)18(6-8-28(20,26)33)16-10-24(32)35-13-16/h10,14-15,17-22,25,33-34H,3-9,11-13H2,1-2H3/t15-,17?,18-,19+,20-,21-,22+,25+,26-,27-,28?,29+/m1/s1. The average Bonchev–Trinajstić information content (AvgIpc) is 3.42. The van der Waals surface area contributed by atoms with E-state index >= 15 is 0 Å². The molecule has 9 nitrogen and oxygen atoms in total. The molecule has 2 unspecified atom stereocenters. The number of aldehydes is 1. The number of rotatable bonds is 2. The van der Waals surface area contributed by atoms with Gasteiger partial charge in [0.2, 0.25) is 6.29 Å². The number of carbonyl (C=O) groups is 3. The number of hydrogen-bond acceptors (Lipinski definition) is 9. The molecule has 3 aliphatic heterocycles. The van der Waals surface area contributed by atoms with Gasteiger partial charge in [-0.15, -0.1) is 0 Å². The molecule has 9 heteroatoms. The average molecular weight is 531 g/mol. The lowest BCUT2D eigenvalue weighted by atomic mass is 9.42. The fourth-order valence-corrected chi connectivity index (χ4v) is 10.1. The smallest absolute Gasteiger partial charge is 0.331 e. The van der Waals surface area contributed by atoms with Crippen molar-refractivity contribution in [2.75, 3.05) is 6.61 Å². The minimum Gasteiger partial charge on any atom is -0.458 e. The van der Waals surface area contributed by atoms with Crippen LogP contribution in [0.25, 0.3) is 0 Å². The number of hydrogen-bond donors (Lipinski definition) is 2. The van der Waals surface area contributed by atoms with Gasteiger partial charge in [0, 0.05) is 23.3 Å². The third-order valence-corrected chi connectivity index (χ3v) is 11.9. The number of ether oxygens (including phenoxy) is 4. The van der Waals surface area contributed by atoms with Crippen molar-refractivity contribution in [3.05, 3.63) is 11.6 Å². The van der Waals surface area contributed by atoms with Gasteiger partial charge >= 0.3 is 5.97 Å². The van der Waals surface area contributed by atoms with E-state index in [-0.39, 0.29) is 47.6 Å². The Labute approximate surface area is 222 Å². The van der Waals surface area contributed by atoms with E-state index in [4.69, 9.17) is 18.9 Å². The van der Waals surface area contributed by atoms with E-state index in [1.54, 1.807) is 13.0 Å². The Morgan fingerprint density at radius 1 is 1.03 bits per heavy atom. The molecule has 12 atom stereocenters. The molecule has 7 aliphatic rings. The van der Waals surface area contributed by atoms with Gasteiger partial charge in [-0.1, -0.05) is 6.92 Å². The van der Waals surface area contributed by atoms with E-state index in [2.05, 4.69) is 6.92 Å². The van der Waals surface area contributed by atoms with Gasteiger partial charge in [0.25, 0.3) is 5.79 Å². The molecule has 0 amide bonds. The number of Topliss-reactive ketones (excluding diaryl/α,β-unsaturated/α-hetero) is 1. The number of ketones is 1. The van der Waals surface area contributed by atoms with E-state index in [1.165, 1.54) is 0 Å². The summed E-state index contributed by atoms with van der Waals surface area (Å²) in [4.78, 5) is 37.6. The van der Waals surface area contributed by atoms with Crippen LogP contribution in [0, 0.1) is 34.5 Å². The Balaban J connectivity index is 1.18. The predicted octanol–water partition coefficient (Wildman–Crippen LogP) is 2.21. The first kappa shape index (κ1) is 25.3. The van der Waals surface area contributed by atoms with Crippen LogP contribution in [0.5, 0.6) is 0 Å². The molecule has 0 aromatic rings. The largest absolute Gasteiger partial charge is 0.458 e. The normalized spacial score (nSPS) is 55.5. The summed E-state index contributed by atoms with van der Waals surface area (Å²) in [7, 11) is 0. The second-order valence-corrected chi connectivity index (χ2v) is 13.4. The fraction of sp³-hybridized carbons (Fsp3) is 0.828. The van der Waals surface area contributed by atoms with Crippen molar-refractivity contribution in [3.8, 4) is 0 Å². The lowest BCUT2D eigenvalue weighted by molar-refractivity contribution is -0.413. The Morgan fingerprint density at radius 2 is 1.84 bits per heavy atom. The first-order valence-electron chi connectivity index (χ1n) is 14.3. The van der Waals surface area contributed by atoms with Gasteiger partial charge in [-0.25, -0.2) is 4.79 Å². The summed E-state index contributed by atoms with van der Waals surface area (Å²) in [5.41, 5.74) is -0.991. The summed E-state index contributed by atoms with van der Waals surface area (Å²) in [6.07, 6.45) is 5.78. The van der Waals surface area contributed by atoms with Crippen molar-refractivity contribution in [1.82, 2.24) is 0 Å². The van der Waals surface area contributed by atoms with Crippen molar-refractivity contribution >= 4 is 18.0 Å². The zero-order chi connectivity index (χ0) is 26.7. The molecule has 2 N–H and O–H groups in total. The van der Waals surface area contributed by atoms with Gasteiger partial charge in [-0.2, -0.15) is 0 Å². The Bertz CT molecular complexity index is 1100. The lowest BCUT2D eigenvalue weighted by Crippen LogP contribution is -2.70. The SMILES string of the molecule is C[C@@H]1CC(=O)[C@]2(O)O[C@@H]3CC4CC[C@@H]5[C@H](CC[C@]6(C)[C@@H](C7=CC(=O)OC7)CCC56O)[C@@]4(C=O)C[C@@H]3O[C@@H]2O1. The van der Waals surface area contributed by atoms with Gasteiger partial charge in [-0.05, 0) is 87.5 Å². The Morgan fingerprint density at radius 3 is 2.58 bits per heavy atom. The first-order valence-corrected chi connectivity index (χ1v) is 14.3. The molecule has 6 fully saturated rings. The number of carbonyl (C=O) groups excluding carboxylic acids is 3. The highest BCUT2D eigenvalue weighted by molar-refractivity contribution is 5.87. The molecule has 0 bridgehead atoms. The predicted molar refractivity (Wildman–Crippen MR) is 130 cm³/mol. The quantitative estimate of drug-likeness (QED) is 0.314. The molecule has 3 heterocycles. The lowest BCUT2D eigenvalue weighted by Gasteiger charge is -2.64. The van der Waals surface area contributed by atoms with Crippen molar-refractivity contribution in [2.24, 2.45) is 34.5 Å². The molecular formula is C29H38O9. The second-order valence-electron chi connectivity index (χ2n) is 13.4. The molecule has 4 aliphatic carbocycles. The molecule has 38 heavy (non-hydrogen) atoms. The van der Waals surface area contributed by atoms with Crippen LogP contribution >= 0.6 is 0 Å². The second kappa shape index (κ2) is 8.19. The molecule has 7 rings (SSSR count). The van der Waals surface area contributed by atoms with Crippen LogP contribution < -0.4 is 0 Å². The molecule has 2 saturated heterocycles. The van der Waals surface area contributed by atoms with E-state index < -0.39 is 41.1 Å². The maximum Gasteiger partial charge on any atom is 0.331 e. The summed E-state index contributed by atoms with van der Waals surface area (Å²) >= 11 is 0. The topological polar surface area (TPSA) is 129 Å². The highest BCUT2D eigenvalue weighted by atomic mass is 16.8. The van der Waals surface area contributed by atoms with Crippen LogP contribution in [0.15, 0.2) is 11.6 Å². The van der Waals surface area contributed by atoms with Crippen molar-refractivity contribution in [2.45, 2.75) is 108 Å². The number of cyclic esters (lactones) is 1. The molecule has 0 radical (unpaired) electrons. The van der Waals surface area contributed by atoms with E-state index in [1.807, 2.05) is 0 Å². The maximum atomic E-state index is 13.1. The van der Waals surface area contributed by atoms with Crippen LogP contribution in [0.3, 0.4) is 0 Å². The summed E-state index contributed by atoms with van der Waals surface area (Å²) < 4.78 is 23.3. The van der Waals surface area contributed by atoms with Crippen LogP contribution in [-0.4, -0.2) is 70.8 Å². The van der Waals surface area contributed by atoms with Crippen molar-refractivity contribution < 1.29 is 43.5 Å². The van der Waals surface area contributed by atoms with Gasteiger partial charge < -0.3 is 34.0 Å². The molecule has 4 saturated carbocycles. The minimum atomic E-state index is -2.10. The van der Waals surface area contributed by atoms with Crippen molar-refractivity contribution in [3.63, 3.8) is 0 Å². The molecule has 0 aromatic carbocycles. The number of aliphatic hydroxyl groups is 2. The number of esters is 1. The van der Waals surface area contributed by atoms with Gasteiger partial charge in [0.05, 0.1) is 23.9 Å².